The van der Waals surface area contributed by atoms with Crippen LogP contribution in [-0.2, 0) is 31.4 Å². The summed E-state index contributed by atoms with van der Waals surface area (Å²) in [6, 6.07) is 13.1. The van der Waals surface area contributed by atoms with E-state index < -0.39 is 20.0 Å². The number of rotatable bonds is 7. The number of nitrogens with two attached hydrogens (primary N) is 2. The van der Waals surface area contributed by atoms with E-state index in [0.717, 1.165) is 18.4 Å². The molecule has 2 aromatic heterocycles. The van der Waals surface area contributed by atoms with E-state index in [4.69, 9.17) is 20.1 Å². The number of primary sulfonamides is 2. The molecule has 0 amide bonds. The molecule has 5 rings (SSSR count). The van der Waals surface area contributed by atoms with Gasteiger partial charge in [-0.1, -0.05) is 30.3 Å². The van der Waals surface area contributed by atoms with Crippen LogP contribution < -0.4 is 10.3 Å². The van der Waals surface area contributed by atoms with Gasteiger partial charge in [-0.2, -0.15) is 10.2 Å². The van der Waals surface area contributed by atoms with E-state index in [1.54, 1.807) is 17.1 Å². The Kier molecular flexibility index (Phi) is 7.40. The summed E-state index contributed by atoms with van der Waals surface area (Å²) in [5, 5.41) is 26.6. The van der Waals surface area contributed by atoms with E-state index in [2.05, 4.69) is 10.2 Å². The monoisotopic (exact) mass is 524 g/mol. The average molecular weight is 525 g/mol. The van der Waals surface area contributed by atoms with Crippen molar-refractivity contribution >= 4 is 20.0 Å². The number of benzene rings is 1. The van der Waals surface area contributed by atoms with Crippen LogP contribution in [0.1, 0.15) is 43.3 Å². The summed E-state index contributed by atoms with van der Waals surface area (Å²) in [7, 11) is -7.43. The van der Waals surface area contributed by atoms with E-state index in [1.165, 1.54) is 16.8 Å². The Balaban J connectivity index is 0.000000179. The van der Waals surface area contributed by atoms with Crippen LogP contribution in [0.15, 0.2) is 64.9 Å². The SMILES string of the molecule is NS(=O)(=O)c1ccn(C2CC(O)C2)n1.NS(=O)(=O)c1ccn(C2CC(OCc3ccccc3)C2)n1. The van der Waals surface area contributed by atoms with Crippen molar-refractivity contribution in [2.75, 3.05) is 0 Å². The summed E-state index contributed by atoms with van der Waals surface area (Å²) >= 11 is 0. The van der Waals surface area contributed by atoms with E-state index >= 15 is 0 Å². The molecule has 14 heteroatoms. The fourth-order valence-corrected chi connectivity index (χ4v) is 4.72. The summed E-state index contributed by atoms with van der Waals surface area (Å²) in [4.78, 5) is 0. The topological polar surface area (TPSA) is 185 Å². The maximum Gasteiger partial charge on any atom is 0.257 e. The van der Waals surface area contributed by atoms with Crippen molar-refractivity contribution in [3.05, 3.63) is 60.4 Å². The van der Waals surface area contributed by atoms with Crippen molar-refractivity contribution in [1.29, 1.82) is 0 Å². The minimum Gasteiger partial charge on any atom is -0.393 e. The summed E-state index contributed by atoms with van der Waals surface area (Å²) in [6.07, 6.45) is 6.02. The fraction of sp³-hybridized carbons (Fsp3) is 0.429. The molecular formula is C21H28N6O6S2. The number of aliphatic hydroxyl groups is 1. The fourth-order valence-electron chi connectivity index (χ4n) is 3.80. The second-order valence-electron chi connectivity index (χ2n) is 8.68. The molecule has 2 aliphatic rings. The summed E-state index contributed by atoms with van der Waals surface area (Å²) < 4.78 is 53.1. The van der Waals surface area contributed by atoms with Crippen LogP contribution in [0.25, 0.3) is 0 Å². The summed E-state index contributed by atoms with van der Waals surface area (Å²) in [5.74, 6) is 0. The molecule has 190 valence electrons. The largest absolute Gasteiger partial charge is 0.393 e. The van der Waals surface area contributed by atoms with Gasteiger partial charge in [-0.05, 0) is 43.4 Å². The highest BCUT2D eigenvalue weighted by Crippen LogP contribution is 2.34. The zero-order chi connectivity index (χ0) is 25.2. The van der Waals surface area contributed by atoms with Crippen molar-refractivity contribution in [3.8, 4) is 0 Å². The zero-order valence-corrected chi connectivity index (χ0v) is 20.4. The quantitative estimate of drug-likeness (QED) is 0.402. The Morgan fingerprint density at radius 1 is 0.829 bits per heavy atom. The molecule has 0 unspecified atom stereocenters. The number of ether oxygens (including phenoxy) is 1. The first-order chi connectivity index (χ1) is 16.5. The standard InChI is InChI=1S/C14H17N3O3S.C7H11N3O3S/c15-21(18,19)14-6-7-17(16-14)12-8-13(9-12)20-10-11-4-2-1-3-5-11;8-14(12,13)7-1-2-10(9-7)5-3-6(11)4-5/h1-7,12-13H,8-10H2,(H2,15,18,19);1-2,5-6,11H,3-4H2,(H2,8,12,13). The van der Waals surface area contributed by atoms with E-state index in [0.29, 0.717) is 19.4 Å². The average Bonchev–Trinajstić information content (AvgIpc) is 3.41. The molecule has 1 aromatic carbocycles. The first-order valence-electron chi connectivity index (χ1n) is 11.0. The van der Waals surface area contributed by atoms with Gasteiger partial charge >= 0.3 is 0 Å². The maximum absolute atomic E-state index is 11.2. The number of hydrogen-bond donors (Lipinski definition) is 3. The predicted molar refractivity (Wildman–Crippen MR) is 125 cm³/mol. The normalized spacial score (nSPS) is 24.1. The first kappa shape index (κ1) is 25.5. The van der Waals surface area contributed by atoms with Gasteiger partial charge in [-0.15, -0.1) is 0 Å². The second kappa shape index (κ2) is 10.2. The molecular weight excluding hydrogens is 496 g/mol. The number of hydrogen-bond acceptors (Lipinski definition) is 8. The van der Waals surface area contributed by atoms with E-state index in [9.17, 15) is 16.8 Å². The second-order valence-corrected chi connectivity index (χ2v) is 11.7. The van der Waals surface area contributed by atoms with Gasteiger partial charge in [-0.25, -0.2) is 27.1 Å². The number of nitrogens with zero attached hydrogens (tertiary/aromatic N) is 4. The minimum atomic E-state index is -3.72. The predicted octanol–water partition coefficient (Wildman–Crippen LogP) is 0.677. The lowest BCUT2D eigenvalue weighted by Crippen LogP contribution is -2.33. The molecule has 0 radical (unpaired) electrons. The van der Waals surface area contributed by atoms with Crippen molar-refractivity contribution in [3.63, 3.8) is 0 Å². The van der Waals surface area contributed by atoms with Crippen LogP contribution in [0.5, 0.6) is 0 Å². The number of aromatic nitrogens is 4. The zero-order valence-electron chi connectivity index (χ0n) is 18.8. The smallest absolute Gasteiger partial charge is 0.257 e. The first-order valence-corrected chi connectivity index (χ1v) is 14.1. The maximum atomic E-state index is 11.2. The van der Waals surface area contributed by atoms with Gasteiger partial charge in [0.05, 0.1) is 30.9 Å². The molecule has 0 atom stereocenters. The van der Waals surface area contributed by atoms with Gasteiger partial charge in [0.2, 0.25) is 0 Å². The third-order valence-corrected chi connectivity index (χ3v) is 7.59. The highest BCUT2D eigenvalue weighted by atomic mass is 32.2. The van der Waals surface area contributed by atoms with Crippen molar-refractivity contribution < 1.29 is 26.7 Å². The molecule has 0 spiro atoms. The van der Waals surface area contributed by atoms with Gasteiger partial charge < -0.3 is 9.84 Å². The summed E-state index contributed by atoms with van der Waals surface area (Å²) in [5.41, 5.74) is 1.15. The van der Waals surface area contributed by atoms with Gasteiger partial charge in [0.15, 0.2) is 10.1 Å². The van der Waals surface area contributed by atoms with Gasteiger partial charge in [-0.3, -0.25) is 9.36 Å². The molecule has 0 bridgehead atoms. The Labute approximate surface area is 203 Å². The lowest BCUT2D eigenvalue weighted by atomic mass is 9.89. The number of sulfonamides is 2. The Hall–Kier alpha value is -2.62. The molecule has 2 saturated carbocycles. The highest BCUT2D eigenvalue weighted by Gasteiger charge is 2.32. The minimum absolute atomic E-state index is 0.0869. The Morgan fingerprint density at radius 2 is 1.31 bits per heavy atom. The van der Waals surface area contributed by atoms with Crippen LogP contribution >= 0.6 is 0 Å². The molecule has 35 heavy (non-hydrogen) atoms. The Morgan fingerprint density at radius 3 is 1.74 bits per heavy atom. The molecule has 2 fully saturated rings. The third kappa shape index (κ3) is 6.54. The molecule has 0 saturated heterocycles. The summed E-state index contributed by atoms with van der Waals surface area (Å²) in [6.45, 7) is 0.597. The molecule has 2 aliphatic carbocycles. The lowest BCUT2D eigenvalue weighted by molar-refractivity contribution is -0.0386. The van der Waals surface area contributed by atoms with Gasteiger partial charge in [0.1, 0.15) is 0 Å². The molecule has 2 heterocycles. The Bertz CT molecular complexity index is 1340. The van der Waals surface area contributed by atoms with E-state index in [1.807, 2.05) is 30.3 Å². The molecule has 0 aliphatic heterocycles. The van der Waals surface area contributed by atoms with Crippen molar-refractivity contribution in [2.45, 2.75) is 66.6 Å². The van der Waals surface area contributed by atoms with Gasteiger partial charge in [0.25, 0.3) is 20.0 Å². The van der Waals surface area contributed by atoms with Crippen LogP contribution in [0.4, 0.5) is 0 Å². The van der Waals surface area contributed by atoms with Crippen LogP contribution in [0.2, 0.25) is 0 Å². The van der Waals surface area contributed by atoms with Crippen molar-refractivity contribution in [1.82, 2.24) is 19.6 Å². The van der Waals surface area contributed by atoms with Crippen molar-refractivity contribution in [2.24, 2.45) is 10.3 Å². The number of aliphatic hydroxyl groups excluding tert-OH is 1. The highest BCUT2D eigenvalue weighted by molar-refractivity contribution is 7.89. The molecule has 5 N–H and O–H groups in total. The van der Waals surface area contributed by atoms with Crippen LogP contribution in [0.3, 0.4) is 0 Å². The van der Waals surface area contributed by atoms with Crippen LogP contribution in [0, 0.1) is 0 Å². The molecule has 3 aromatic rings. The van der Waals surface area contributed by atoms with E-state index in [-0.39, 0.29) is 34.3 Å². The lowest BCUT2D eigenvalue weighted by Gasteiger charge is -2.35. The molecule has 12 nitrogen and oxygen atoms in total. The third-order valence-electron chi connectivity index (χ3n) is 5.99. The van der Waals surface area contributed by atoms with Gasteiger partial charge in [0, 0.05) is 12.4 Å². The van der Waals surface area contributed by atoms with Crippen LogP contribution in [-0.4, -0.2) is 53.7 Å².